The summed E-state index contributed by atoms with van der Waals surface area (Å²) in [5.41, 5.74) is 25.1. The molecular weight excluding hydrogens is 808 g/mol. The van der Waals surface area contributed by atoms with E-state index in [9.17, 15) is 0 Å². The van der Waals surface area contributed by atoms with Crippen LogP contribution in [-0.4, -0.2) is 15.9 Å². The number of nitrogens with zero attached hydrogens (tertiary/aromatic N) is 2. The molecule has 0 atom stereocenters. The zero-order valence-corrected chi connectivity index (χ0v) is 42.1. The maximum atomic E-state index is 2.77. The Morgan fingerprint density at radius 3 is 1.70 bits per heavy atom. The molecule has 0 unspecified atom stereocenters. The lowest BCUT2D eigenvalue weighted by Crippen LogP contribution is -2.55. The predicted octanol–water partition coefficient (Wildman–Crippen LogP) is 16.1. The molecule has 0 amide bonds. The van der Waals surface area contributed by atoms with E-state index in [1.165, 1.54) is 138 Å². The lowest BCUT2D eigenvalue weighted by molar-refractivity contribution is 0.569. The molecule has 0 bridgehead atoms. The van der Waals surface area contributed by atoms with E-state index < -0.39 is 0 Å². The summed E-state index contributed by atoms with van der Waals surface area (Å²) >= 11 is 0. The average molecular weight is 871 g/mol. The largest absolute Gasteiger partial charge is 0.375 e. The highest BCUT2D eigenvalue weighted by molar-refractivity contribution is 6.90. The summed E-state index contributed by atoms with van der Waals surface area (Å²) in [6.07, 6.45) is 0. The summed E-state index contributed by atoms with van der Waals surface area (Å²) in [7, 11) is 0. The van der Waals surface area contributed by atoms with Gasteiger partial charge in [-0.15, -0.1) is 0 Å². The second-order valence-electron chi connectivity index (χ2n) is 24.4. The number of fused-ring (bicyclic) bond motifs is 12. The molecule has 4 heterocycles. The van der Waals surface area contributed by atoms with Gasteiger partial charge in [0.15, 0.2) is 0 Å². The lowest BCUT2D eigenvalue weighted by Gasteiger charge is -2.35. The van der Waals surface area contributed by atoms with Gasteiger partial charge in [-0.1, -0.05) is 162 Å². The minimum absolute atomic E-state index is 0.00619. The fraction of sp³-hybridized carbons (Fsp3) is 0.281. The van der Waals surface area contributed by atoms with Gasteiger partial charge >= 0.3 is 6.85 Å². The van der Waals surface area contributed by atoms with E-state index in [4.69, 9.17) is 0 Å². The Hall–Kier alpha value is -6.32. The maximum Gasteiger partial charge on any atom is 0.333 e. The first-order chi connectivity index (χ1) is 31.6. The summed E-state index contributed by atoms with van der Waals surface area (Å²) in [5.74, 6) is 0. The molecule has 2 aliphatic heterocycles. The van der Waals surface area contributed by atoms with E-state index in [1.54, 1.807) is 0 Å². The third-order valence-electron chi connectivity index (χ3n) is 15.7. The maximum absolute atomic E-state index is 2.77. The number of aromatic nitrogens is 2. The Labute approximate surface area is 397 Å². The summed E-state index contributed by atoms with van der Waals surface area (Å²) in [4.78, 5) is 0. The molecule has 0 aliphatic carbocycles. The quantitative estimate of drug-likeness (QED) is 0.153. The van der Waals surface area contributed by atoms with Crippen molar-refractivity contribution in [3.05, 3.63) is 161 Å². The molecule has 3 heteroatoms. The molecule has 2 nitrogen and oxygen atoms in total. The Morgan fingerprint density at radius 1 is 0.418 bits per heavy atom. The molecular formula is C64H63BN2. The smallest absolute Gasteiger partial charge is 0.333 e. The highest BCUT2D eigenvalue weighted by atomic mass is 15.0. The van der Waals surface area contributed by atoms with Gasteiger partial charge < -0.3 is 9.05 Å². The van der Waals surface area contributed by atoms with Crippen LogP contribution in [0.4, 0.5) is 0 Å². The third-order valence-corrected chi connectivity index (χ3v) is 15.7. The van der Waals surface area contributed by atoms with Gasteiger partial charge in [0.05, 0.1) is 11.0 Å². The molecule has 0 saturated carbocycles. The third kappa shape index (κ3) is 6.08. The minimum atomic E-state index is -0.0616. The SMILES string of the molecule is Cc1cccc(C)c1-c1cc2c3c(c1)c1c4ccccc4ccc1n3-c1cc(-c3cc(C(C)(C)C)cc(C(C)(C)C)c3)cc3c1B2n1c2ccc(C(C)(C)C)cc2c2cc(C(C)(C)C)cc-3c21. The second kappa shape index (κ2) is 13.7. The standard InChI is InChI=1S/C64H63BN2/c1-36-18-17-19-37(2)56(36)41-29-51-57-46-21-16-15-20-38(46)22-24-54(57)66-55-31-40(39-26-43(62(6,7)8)32-44(27-39)63(9,10)11)28-48-50-35-45(64(12,13)14)34-49-47-33-42(61(3,4)5)23-25-53(47)67(59(49)50)65(58(48)55)52(30-41)60(51)66/h15-35H,1-14H3. The molecule has 0 saturated heterocycles. The fourth-order valence-corrected chi connectivity index (χ4v) is 12.0. The topological polar surface area (TPSA) is 9.86 Å². The Balaban J connectivity index is 1.33. The van der Waals surface area contributed by atoms with Crippen LogP contribution >= 0.6 is 0 Å². The number of aryl methyl sites for hydroxylation is 2. The summed E-state index contributed by atoms with van der Waals surface area (Å²) in [6, 6.07) is 50.7. The van der Waals surface area contributed by atoms with Gasteiger partial charge in [-0.2, -0.15) is 0 Å². The number of benzene rings is 8. The van der Waals surface area contributed by atoms with E-state index >= 15 is 0 Å². The van der Waals surface area contributed by atoms with Crippen LogP contribution < -0.4 is 10.9 Å². The zero-order valence-electron chi connectivity index (χ0n) is 42.1. The number of hydrogen-bond donors (Lipinski definition) is 0. The molecule has 0 N–H and O–H groups in total. The molecule has 2 aliphatic rings. The molecule has 2 aromatic heterocycles. The van der Waals surface area contributed by atoms with Crippen LogP contribution in [0.2, 0.25) is 0 Å². The first kappa shape index (κ1) is 42.1. The Morgan fingerprint density at radius 2 is 1.03 bits per heavy atom. The van der Waals surface area contributed by atoms with Crippen molar-refractivity contribution in [1.29, 1.82) is 0 Å². The van der Waals surface area contributed by atoms with Gasteiger partial charge in [0.25, 0.3) is 0 Å². The van der Waals surface area contributed by atoms with E-state index in [-0.39, 0.29) is 28.5 Å². The Kier molecular flexibility index (Phi) is 8.57. The first-order valence-electron chi connectivity index (χ1n) is 24.6. The molecule has 67 heavy (non-hydrogen) atoms. The van der Waals surface area contributed by atoms with Crippen molar-refractivity contribution in [2.45, 2.75) is 119 Å². The van der Waals surface area contributed by atoms with E-state index in [0.717, 1.165) is 0 Å². The number of rotatable bonds is 2. The number of hydrogen-bond acceptors (Lipinski definition) is 0. The molecule has 332 valence electrons. The van der Waals surface area contributed by atoms with Crippen molar-refractivity contribution in [3.8, 4) is 39.1 Å². The average Bonchev–Trinajstić information content (AvgIpc) is 3.78. The summed E-state index contributed by atoms with van der Waals surface area (Å²) in [6.45, 7) is 32.8. The van der Waals surface area contributed by atoms with E-state index in [0.29, 0.717) is 0 Å². The van der Waals surface area contributed by atoms with Gasteiger partial charge in [-0.05, 0) is 167 Å². The van der Waals surface area contributed by atoms with Gasteiger partial charge in [0.1, 0.15) is 0 Å². The molecule has 8 aromatic carbocycles. The van der Waals surface area contributed by atoms with Crippen LogP contribution in [0.15, 0.2) is 127 Å². The van der Waals surface area contributed by atoms with Crippen molar-refractivity contribution < 1.29 is 0 Å². The van der Waals surface area contributed by atoms with Crippen LogP contribution in [0.25, 0.3) is 93.5 Å². The van der Waals surface area contributed by atoms with Gasteiger partial charge in [-0.3, -0.25) is 0 Å². The van der Waals surface area contributed by atoms with E-state index in [2.05, 4.69) is 233 Å². The molecule has 0 spiro atoms. The fourth-order valence-electron chi connectivity index (χ4n) is 12.0. The van der Waals surface area contributed by atoms with Crippen molar-refractivity contribution in [1.82, 2.24) is 9.05 Å². The highest BCUT2D eigenvalue weighted by Gasteiger charge is 2.43. The molecule has 0 fully saturated rings. The highest BCUT2D eigenvalue weighted by Crippen LogP contribution is 2.49. The van der Waals surface area contributed by atoms with Crippen LogP contribution in [-0.2, 0) is 21.7 Å². The van der Waals surface area contributed by atoms with Gasteiger partial charge in [0.2, 0.25) is 0 Å². The second-order valence-corrected chi connectivity index (χ2v) is 24.4. The van der Waals surface area contributed by atoms with Crippen molar-refractivity contribution in [3.63, 3.8) is 0 Å². The van der Waals surface area contributed by atoms with Crippen LogP contribution in [0.1, 0.15) is 116 Å². The van der Waals surface area contributed by atoms with E-state index in [1.807, 2.05) is 0 Å². The molecule has 12 rings (SSSR count). The van der Waals surface area contributed by atoms with Gasteiger partial charge in [0, 0.05) is 43.8 Å². The molecule has 0 radical (unpaired) electrons. The monoisotopic (exact) mass is 871 g/mol. The summed E-state index contributed by atoms with van der Waals surface area (Å²) in [5, 5.41) is 7.91. The normalized spacial score (nSPS) is 13.8. The van der Waals surface area contributed by atoms with Crippen LogP contribution in [0.5, 0.6) is 0 Å². The van der Waals surface area contributed by atoms with Crippen molar-refractivity contribution in [2.75, 3.05) is 0 Å². The van der Waals surface area contributed by atoms with Gasteiger partial charge in [-0.25, -0.2) is 0 Å². The first-order valence-corrected chi connectivity index (χ1v) is 24.6. The zero-order chi connectivity index (χ0) is 47.0. The van der Waals surface area contributed by atoms with Crippen molar-refractivity contribution in [2.24, 2.45) is 0 Å². The van der Waals surface area contributed by atoms with Crippen LogP contribution in [0, 0.1) is 13.8 Å². The predicted molar refractivity (Wildman–Crippen MR) is 292 cm³/mol. The minimum Gasteiger partial charge on any atom is -0.375 e. The molecule has 10 aromatic rings. The summed E-state index contributed by atoms with van der Waals surface area (Å²) < 4.78 is 5.45. The lowest BCUT2D eigenvalue weighted by atomic mass is 9.45. The Bertz CT molecular complexity index is 3750. The van der Waals surface area contributed by atoms with Crippen LogP contribution in [0.3, 0.4) is 0 Å². The van der Waals surface area contributed by atoms with Crippen molar-refractivity contribution >= 4 is 72.2 Å².